The number of morpholine rings is 1. The van der Waals surface area contributed by atoms with E-state index in [2.05, 4.69) is 0 Å². The normalized spacial score (nSPS) is 24.5. The minimum absolute atomic E-state index is 0.0207. The molecule has 0 radical (unpaired) electrons. The molecule has 1 saturated carbocycles. The van der Waals surface area contributed by atoms with Crippen LogP contribution in [0.2, 0.25) is 0 Å². The van der Waals surface area contributed by atoms with Crippen molar-refractivity contribution in [2.75, 3.05) is 31.7 Å². The fourth-order valence-corrected chi connectivity index (χ4v) is 3.00. The van der Waals surface area contributed by atoms with Crippen LogP contribution < -0.4 is 5.73 Å². The third kappa shape index (κ3) is 2.95. The van der Waals surface area contributed by atoms with Crippen molar-refractivity contribution in [3.05, 3.63) is 0 Å². The van der Waals surface area contributed by atoms with E-state index >= 15 is 0 Å². The third-order valence-electron chi connectivity index (χ3n) is 3.78. The molecule has 1 aliphatic heterocycles. The number of rotatable bonds is 4. The molecule has 98 valence electrons. The molecule has 1 saturated heterocycles. The summed E-state index contributed by atoms with van der Waals surface area (Å²) in [4.78, 5) is 14.1. The maximum atomic E-state index is 12.2. The smallest absolute Gasteiger partial charge is 0.239 e. The summed E-state index contributed by atoms with van der Waals surface area (Å²) in [6.07, 6.45) is 6.22. The second-order valence-electron chi connectivity index (χ2n) is 5.03. The van der Waals surface area contributed by atoms with Crippen LogP contribution in [0.15, 0.2) is 0 Å². The van der Waals surface area contributed by atoms with Crippen LogP contribution in [0, 0.1) is 0 Å². The standard InChI is InChI=1S/C12H22N2O2S/c1-17-8-3-10(13)11(15)14-6-7-16-12(9-14)4-2-5-12/h10H,2-9,13H2,1H3/t10-/m0/s1. The summed E-state index contributed by atoms with van der Waals surface area (Å²) >= 11 is 1.73. The van der Waals surface area contributed by atoms with E-state index in [1.807, 2.05) is 11.2 Å². The number of nitrogens with zero attached hydrogens (tertiary/aromatic N) is 1. The summed E-state index contributed by atoms with van der Waals surface area (Å²) in [5.41, 5.74) is 5.92. The first-order valence-corrected chi connectivity index (χ1v) is 7.73. The molecule has 1 heterocycles. The van der Waals surface area contributed by atoms with Gasteiger partial charge in [-0.25, -0.2) is 0 Å². The minimum atomic E-state index is -0.335. The second-order valence-corrected chi connectivity index (χ2v) is 6.02. The number of ether oxygens (including phenoxy) is 1. The van der Waals surface area contributed by atoms with E-state index < -0.39 is 0 Å². The molecule has 1 amide bonds. The quantitative estimate of drug-likeness (QED) is 0.812. The molecule has 1 spiro atoms. The average Bonchev–Trinajstić information content (AvgIpc) is 2.33. The van der Waals surface area contributed by atoms with Crippen LogP contribution in [0.1, 0.15) is 25.7 Å². The number of carbonyl (C=O) groups is 1. The Kier molecular flexibility index (Phi) is 4.33. The molecule has 5 heteroatoms. The summed E-state index contributed by atoms with van der Waals surface area (Å²) in [6.45, 7) is 2.12. The lowest BCUT2D eigenvalue weighted by Crippen LogP contribution is -2.59. The largest absolute Gasteiger partial charge is 0.371 e. The molecule has 1 atom stereocenters. The van der Waals surface area contributed by atoms with Gasteiger partial charge in [-0.2, -0.15) is 11.8 Å². The molecule has 0 bridgehead atoms. The molecular formula is C12H22N2O2S. The molecule has 17 heavy (non-hydrogen) atoms. The number of hydrogen-bond donors (Lipinski definition) is 1. The maximum Gasteiger partial charge on any atom is 0.239 e. The monoisotopic (exact) mass is 258 g/mol. The van der Waals surface area contributed by atoms with Gasteiger partial charge in [0.25, 0.3) is 0 Å². The first-order chi connectivity index (χ1) is 8.17. The van der Waals surface area contributed by atoms with E-state index in [1.165, 1.54) is 6.42 Å². The van der Waals surface area contributed by atoms with Gasteiger partial charge in [0, 0.05) is 13.1 Å². The zero-order chi connectivity index (χ0) is 12.3. The van der Waals surface area contributed by atoms with Crippen molar-refractivity contribution in [3.8, 4) is 0 Å². The molecule has 2 rings (SSSR count). The first kappa shape index (κ1) is 13.2. The van der Waals surface area contributed by atoms with E-state index in [9.17, 15) is 4.79 Å². The lowest BCUT2D eigenvalue weighted by Gasteiger charge is -2.48. The predicted molar refractivity (Wildman–Crippen MR) is 70.1 cm³/mol. The van der Waals surface area contributed by atoms with E-state index in [0.29, 0.717) is 13.2 Å². The van der Waals surface area contributed by atoms with E-state index in [0.717, 1.165) is 31.6 Å². The predicted octanol–water partition coefficient (Wildman–Crippen LogP) is 0.848. The van der Waals surface area contributed by atoms with Crippen molar-refractivity contribution in [1.29, 1.82) is 0 Å². The Balaban J connectivity index is 1.86. The van der Waals surface area contributed by atoms with E-state index in [-0.39, 0.29) is 17.6 Å². The van der Waals surface area contributed by atoms with Gasteiger partial charge in [-0.05, 0) is 37.7 Å². The topological polar surface area (TPSA) is 55.6 Å². The maximum absolute atomic E-state index is 12.2. The average molecular weight is 258 g/mol. The summed E-state index contributed by atoms with van der Waals surface area (Å²) < 4.78 is 5.80. The van der Waals surface area contributed by atoms with Crippen LogP contribution in [0.4, 0.5) is 0 Å². The Hall–Kier alpha value is -0.260. The van der Waals surface area contributed by atoms with Crippen LogP contribution >= 0.6 is 11.8 Å². The molecule has 0 aromatic heterocycles. The minimum Gasteiger partial charge on any atom is -0.371 e. The molecule has 0 aromatic rings. The summed E-state index contributed by atoms with van der Waals surface area (Å²) in [5.74, 6) is 1.05. The Morgan fingerprint density at radius 1 is 1.59 bits per heavy atom. The van der Waals surface area contributed by atoms with Crippen molar-refractivity contribution in [2.45, 2.75) is 37.3 Å². The van der Waals surface area contributed by atoms with Gasteiger partial charge >= 0.3 is 0 Å². The zero-order valence-corrected chi connectivity index (χ0v) is 11.3. The first-order valence-electron chi connectivity index (χ1n) is 6.34. The molecule has 0 aromatic carbocycles. The molecule has 1 aliphatic carbocycles. The van der Waals surface area contributed by atoms with Gasteiger partial charge < -0.3 is 15.4 Å². The van der Waals surface area contributed by atoms with E-state index in [1.54, 1.807) is 11.8 Å². The fourth-order valence-electron chi connectivity index (χ4n) is 2.51. The number of carbonyl (C=O) groups excluding carboxylic acids is 1. The highest BCUT2D eigenvalue weighted by atomic mass is 32.2. The van der Waals surface area contributed by atoms with Gasteiger partial charge in [-0.15, -0.1) is 0 Å². The third-order valence-corrected chi connectivity index (χ3v) is 4.42. The van der Waals surface area contributed by atoms with Crippen LogP contribution in [0.3, 0.4) is 0 Å². The zero-order valence-electron chi connectivity index (χ0n) is 10.5. The molecular weight excluding hydrogens is 236 g/mol. The summed E-state index contributed by atoms with van der Waals surface area (Å²) in [5, 5.41) is 0. The van der Waals surface area contributed by atoms with Gasteiger partial charge in [0.2, 0.25) is 5.91 Å². The van der Waals surface area contributed by atoms with E-state index in [4.69, 9.17) is 10.5 Å². The van der Waals surface area contributed by atoms with Crippen LogP contribution in [0.25, 0.3) is 0 Å². The van der Waals surface area contributed by atoms with Crippen molar-refractivity contribution in [2.24, 2.45) is 5.73 Å². The highest BCUT2D eigenvalue weighted by molar-refractivity contribution is 7.98. The molecule has 2 N–H and O–H groups in total. The molecule has 4 nitrogen and oxygen atoms in total. The number of thioether (sulfide) groups is 1. The lowest BCUT2D eigenvalue weighted by molar-refractivity contribution is -0.168. The highest BCUT2D eigenvalue weighted by Crippen LogP contribution is 2.38. The summed E-state index contributed by atoms with van der Waals surface area (Å²) in [7, 11) is 0. The van der Waals surface area contributed by atoms with Crippen molar-refractivity contribution in [3.63, 3.8) is 0 Å². The van der Waals surface area contributed by atoms with Crippen LogP contribution in [0.5, 0.6) is 0 Å². The van der Waals surface area contributed by atoms with Gasteiger partial charge in [-0.3, -0.25) is 4.79 Å². The van der Waals surface area contributed by atoms with Gasteiger partial charge in [0.1, 0.15) is 0 Å². The van der Waals surface area contributed by atoms with Gasteiger partial charge in [-0.1, -0.05) is 0 Å². The lowest BCUT2D eigenvalue weighted by atomic mass is 9.78. The summed E-state index contributed by atoms with van der Waals surface area (Å²) in [6, 6.07) is -0.335. The van der Waals surface area contributed by atoms with Crippen molar-refractivity contribution >= 4 is 17.7 Å². The number of hydrogen-bond acceptors (Lipinski definition) is 4. The Morgan fingerprint density at radius 3 is 2.94 bits per heavy atom. The SMILES string of the molecule is CSCC[C@H](N)C(=O)N1CCOC2(CCC2)C1. The fraction of sp³-hybridized carbons (Fsp3) is 0.917. The Labute approximate surface area is 107 Å². The molecule has 2 aliphatic rings. The van der Waals surface area contributed by atoms with Crippen LogP contribution in [-0.2, 0) is 9.53 Å². The van der Waals surface area contributed by atoms with Gasteiger partial charge in [0.15, 0.2) is 0 Å². The van der Waals surface area contributed by atoms with Crippen molar-refractivity contribution in [1.82, 2.24) is 4.90 Å². The highest BCUT2D eigenvalue weighted by Gasteiger charge is 2.43. The van der Waals surface area contributed by atoms with Crippen molar-refractivity contribution < 1.29 is 9.53 Å². The Morgan fingerprint density at radius 2 is 2.35 bits per heavy atom. The number of amides is 1. The second kappa shape index (κ2) is 5.59. The van der Waals surface area contributed by atoms with Gasteiger partial charge in [0.05, 0.1) is 18.2 Å². The molecule has 0 unspecified atom stereocenters. The van der Waals surface area contributed by atoms with Crippen LogP contribution in [-0.4, -0.2) is 54.2 Å². The molecule has 2 fully saturated rings. The Bertz CT molecular complexity index is 282. The number of nitrogens with two attached hydrogens (primary N) is 1.